The van der Waals surface area contributed by atoms with Gasteiger partial charge in [0.25, 0.3) is 11.8 Å². The first-order chi connectivity index (χ1) is 13.0. The van der Waals surface area contributed by atoms with Crippen LogP contribution in [-0.2, 0) is 0 Å². The Balaban J connectivity index is 1.79. The summed E-state index contributed by atoms with van der Waals surface area (Å²) in [6.45, 7) is 5.19. The summed E-state index contributed by atoms with van der Waals surface area (Å²) in [4.78, 5) is 34.0. The molecule has 0 bridgehead atoms. The highest BCUT2D eigenvalue weighted by Crippen LogP contribution is 2.20. The number of aromatic nitrogens is 2. The van der Waals surface area contributed by atoms with Crippen molar-refractivity contribution in [2.24, 2.45) is 5.92 Å². The zero-order valence-electron chi connectivity index (χ0n) is 16.4. The van der Waals surface area contributed by atoms with Crippen LogP contribution in [0.4, 0.5) is 0 Å². The Bertz CT molecular complexity index is 806. The van der Waals surface area contributed by atoms with Gasteiger partial charge in [0.1, 0.15) is 0 Å². The molecular formula is C20H29N5O2. The predicted octanol–water partition coefficient (Wildman–Crippen LogP) is 1.89. The summed E-state index contributed by atoms with van der Waals surface area (Å²) in [7, 11) is 4.01. The number of pyridine rings is 1. The Kier molecular flexibility index (Phi) is 6.11. The zero-order chi connectivity index (χ0) is 19.4. The lowest BCUT2D eigenvalue weighted by Gasteiger charge is -2.29. The van der Waals surface area contributed by atoms with Crippen LogP contribution < -0.4 is 5.32 Å². The van der Waals surface area contributed by atoms with Crippen molar-refractivity contribution in [2.75, 3.05) is 40.3 Å². The highest BCUT2D eigenvalue weighted by Gasteiger charge is 2.27. The smallest absolute Gasteiger partial charge is 0.290 e. The van der Waals surface area contributed by atoms with Crippen LogP contribution >= 0.6 is 0 Å². The summed E-state index contributed by atoms with van der Waals surface area (Å²) in [5, 5.41) is 2.92. The Morgan fingerprint density at radius 3 is 2.70 bits per heavy atom. The number of fused-ring (bicyclic) bond motifs is 1. The van der Waals surface area contributed by atoms with E-state index in [1.807, 2.05) is 37.2 Å². The second-order valence-electron chi connectivity index (χ2n) is 7.63. The molecule has 1 aliphatic heterocycles. The SMILES string of the molecule is CC1CCN(C(=O)c2nc(C(=O)NCCCN(C)C)c3ccccn23)CC1. The molecule has 0 atom stereocenters. The van der Waals surface area contributed by atoms with Crippen molar-refractivity contribution < 1.29 is 9.59 Å². The first kappa shape index (κ1) is 19.4. The highest BCUT2D eigenvalue weighted by atomic mass is 16.2. The van der Waals surface area contributed by atoms with Gasteiger partial charge in [-0.1, -0.05) is 13.0 Å². The third-order valence-electron chi connectivity index (χ3n) is 5.09. The second-order valence-corrected chi connectivity index (χ2v) is 7.63. The third-order valence-corrected chi connectivity index (χ3v) is 5.09. The fraction of sp³-hybridized carbons (Fsp3) is 0.550. The zero-order valence-corrected chi connectivity index (χ0v) is 16.4. The number of piperidine rings is 1. The van der Waals surface area contributed by atoms with E-state index in [2.05, 4.69) is 22.1 Å². The number of imidazole rings is 1. The summed E-state index contributed by atoms with van der Waals surface area (Å²) in [6, 6.07) is 5.54. The Labute approximate surface area is 160 Å². The number of hydrogen-bond acceptors (Lipinski definition) is 4. The molecule has 2 aromatic heterocycles. The van der Waals surface area contributed by atoms with E-state index in [1.165, 1.54) is 0 Å². The summed E-state index contributed by atoms with van der Waals surface area (Å²) >= 11 is 0. The van der Waals surface area contributed by atoms with E-state index >= 15 is 0 Å². The molecule has 1 aliphatic rings. The molecule has 0 aliphatic carbocycles. The molecule has 0 aromatic carbocycles. The molecule has 7 heteroatoms. The Morgan fingerprint density at radius 2 is 2.00 bits per heavy atom. The maximum absolute atomic E-state index is 13.0. The molecule has 2 aromatic rings. The van der Waals surface area contributed by atoms with Crippen molar-refractivity contribution in [1.29, 1.82) is 0 Å². The largest absolute Gasteiger partial charge is 0.351 e. The molecule has 3 rings (SSSR count). The maximum atomic E-state index is 13.0. The molecule has 0 saturated carbocycles. The van der Waals surface area contributed by atoms with Crippen molar-refractivity contribution in [3.05, 3.63) is 35.9 Å². The van der Waals surface area contributed by atoms with Crippen LogP contribution in [0.1, 0.15) is 47.3 Å². The number of nitrogens with zero attached hydrogens (tertiary/aromatic N) is 4. The van der Waals surface area contributed by atoms with E-state index < -0.39 is 0 Å². The van der Waals surface area contributed by atoms with Crippen LogP contribution in [0.25, 0.3) is 5.52 Å². The van der Waals surface area contributed by atoms with Crippen molar-refractivity contribution in [3.8, 4) is 0 Å². The van der Waals surface area contributed by atoms with Gasteiger partial charge in [0.15, 0.2) is 5.69 Å². The number of hydrogen-bond donors (Lipinski definition) is 1. The monoisotopic (exact) mass is 371 g/mol. The topological polar surface area (TPSA) is 70.0 Å². The summed E-state index contributed by atoms with van der Waals surface area (Å²) < 4.78 is 1.73. The maximum Gasteiger partial charge on any atom is 0.290 e. The Morgan fingerprint density at radius 1 is 1.26 bits per heavy atom. The minimum atomic E-state index is -0.233. The lowest BCUT2D eigenvalue weighted by molar-refractivity contribution is 0.0684. The first-order valence-electron chi connectivity index (χ1n) is 9.66. The van der Waals surface area contributed by atoms with Gasteiger partial charge in [0.05, 0.1) is 5.52 Å². The summed E-state index contributed by atoms with van der Waals surface area (Å²) in [5.41, 5.74) is 0.977. The fourth-order valence-corrected chi connectivity index (χ4v) is 3.39. The van der Waals surface area contributed by atoms with E-state index in [4.69, 9.17) is 0 Å². The van der Waals surface area contributed by atoms with E-state index in [0.29, 0.717) is 29.5 Å². The molecule has 0 spiro atoms. The quantitative estimate of drug-likeness (QED) is 0.788. The van der Waals surface area contributed by atoms with Crippen LogP contribution in [0.5, 0.6) is 0 Å². The standard InChI is InChI=1S/C20H29N5O2/c1-15-8-13-24(14-9-15)20(27)18-22-17(16-7-4-5-12-25(16)18)19(26)21-10-6-11-23(2)3/h4-5,7,12,15H,6,8-11,13-14H2,1-3H3,(H,21,26). The van der Waals surface area contributed by atoms with Crippen molar-refractivity contribution in [2.45, 2.75) is 26.2 Å². The average molecular weight is 371 g/mol. The van der Waals surface area contributed by atoms with Crippen molar-refractivity contribution >= 4 is 17.3 Å². The van der Waals surface area contributed by atoms with Crippen LogP contribution in [0.3, 0.4) is 0 Å². The molecule has 146 valence electrons. The summed E-state index contributed by atoms with van der Waals surface area (Å²) in [5.74, 6) is 0.631. The van der Waals surface area contributed by atoms with Gasteiger partial charge >= 0.3 is 0 Å². The van der Waals surface area contributed by atoms with Gasteiger partial charge in [0.2, 0.25) is 5.82 Å². The predicted molar refractivity (Wildman–Crippen MR) is 105 cm³/mol. The number of likely N-dealkylation sites (tertiary alicyclic amines) is 1. The molecule has 3 heterocycles. The van der Waals surface area contributed by atoms with E-state index in [-0.39, 0.29) is 11.8 Å². The van der Waals surface area contributed by atoms with Gasteiger partial charge in [-0.3, -0.25) is 14.0 Å². The normalized spacial score (nSPS) is 15.5. The summed E-state index contributed by atoms with van der Waals surface area (Å²) in [6.07, 6.45) is 4.68. The minimum Gasteiger partial charge on any atom is -0.351 e. The average Bonchev–Trinajstić information content (AvgIpc) is 3.05. The van der Waals surface area contributed by atoms with Crippen LogP contribution in [0, 0.1) is 5.92 Å². The number of carbonyl (C=O) groups is 2. The van der Waals surface area contributed by atoms with E-state index in [1.54, 1.807) is 10.6 Å². The molecule has 1 fully saturated rings. The van der Waals surface area contributed by atoms with Crippen LogP contribution in [-0.4, -0.2) is 71.3 Å². The fourth-order valence-electron chi connectivity index (χ4n) is 3.39. The molecule has 2 amide bonds. The van der Waals surface area contributed by atoms with E-state index in [0.717, 1.165) is 38.9 Å². The number of nitrogens with one attached hydrogen (secondary N) is 1. The molecule has 1 N–H and O–H groups in total. The van der Waals surface area contributed by atoms with Crippen LogP contribution in [0.2, 0.25) is 0 Å². The van der Waals surface area contributed by atoms with Gasteiger partial charge in [-0.05, 0) is 58.0 Å². The second kappa shape index (κ2) is 8.52. The molecular weight excluding hydrogens is 342 g/mol. The van der Waals surface area contributed by atoms with Gasteiger partial charge in [-0.2, -0.15) is 0 Å². The van der Waals surface area contributed by atoms with Crippen molar-refractivity contribution in [1.82, 2.24) is 24.5 Å². The highest BCUT2D eigenvalue weighted by molar-refractivity contribution is 6.02. The lowest BCUT2D eigenvalue weighted by atomic mass is 9.99. The molecule has 0 radical (unpaired) electrons. The van der Waals surface area contributed by atoms with E-state index in [9.17, 15) is 9.59 Å². The minimum absolute atomic E-state index is 0.102. The third kappa shape index (κ3) is 4.47. The molecule has 7 nitrogen and oxygen atoms in total. The van der Waals surface area contributed by atoms with Gasteiger partial charge in [-0.15, -0.1) is 0 Å². The number of carbonyl (C=O) groups excluding carboxylic acids is 2. The lowest BCUT2D eigenvalue weighted by Crippen LogP contribution is -2.38. The first-order valence-corrected chi connectivity index (χ1v) is 9.66. The van der Waals surface area contributed by atoms with Gasteiger partial charge < -0.3 is 15.1 Å². The molecule has 27 heavy (non-hydrogen) atoms. The number of rotatable bonds is 6. The van der Waals surface area contributed by atoms with Crippen molar-refractivity contribution in [3.63, 3.8) is 0 Å². The van der Waals surface area contributed by atoms with Crippen LogP contribution in [0.15, 0.2) is 24.4 Å². The van der Waals surface area contributed by atoms with Gasteiger partial charge in [-0.25, -0.2) is 4.98 Å². The van der Waals surface area contributed by atoms with Gasteiger partial charge in [0, 0.05) is 25.8 Å². The Hall–Kier alpha value is -2.41. The number of amides is 2. The molecule has 0 unspecified atom stereocenters. The molecule has 1 saturated heterocycles.